The molecule has 2 aromatic carbocycles. The molecule has 1 fully saturated rings. The highest BCUT2D eigenvalue weighted by atomic mass is 32.2. The topological polar surface area (TPSA) is 112 Å². The Morgan fingerprint density at radius 2 is 1.58 bits per heavy atom. The van der Waals surface area contributed by atoms with Crippen LogP contribution >= 0.6 is 0 Å². The van der Waals surface area contributed by atoms with E-state index in [4.69, 9.17) is 0 Å². The summed E-state index contributed by atoms with van der Waals surface area (Å²) in [6, 6.07) is 14.9. The number of nitrogens with one attached hydrogen (secondary N) is 2. The fraction of sp³-hybridized carbons (Fsp3) is 0.192. The molecule has 1 aromatic heterocycles. The van der Waals surface area contributed by atoms with Crippen LogP contribution in [0.25, 0.3) is 10.9 Å². The van der Waals surface area contributed by atoms with E-state index < -0.39 is 10.0 Å². The van der Waals surface area contributed by atoms with Crippen LogP contribution in [0.4, 0.5) is 5.69 Å². The van der Waals surface area contributed by atoms with Gasteiger partial charge in [0.2, 0.25) is 0 Å². The van der Waals surface area contributed by atoms with Crippen molar-refractivity contribution in [2.45, 2.75) is 4.90 Å². The second kappa shape index (κ2) is 9.82. The van der Waals surface area contributed by atoms with Gasteiger partial charge >= 0.3 is 0 Å². The largest absolute Gasteiger partial charge is 0.377 e. The summed E-state index contributed by atoms with van der Waals surface area (Å²) in [5, 5.41) is 3.80. The second-order valence-electron chi connectivity index (χ2n) is 8.49. The Hall–Kier alpha value is -4.18. The van der Waals surface area contributed by atoms with Crippen molar-refractivity contribution in [3.05, 3.63) is 90.3 Å². The highest BCUT2D eigenvalue weighted by Crippen LogP contribution is 2.23. The molecule has 3 aromatic rings. The Balaban J connectivity index is 1.23. The van der Waals surface area contributed by atoms with Crippen molar-refractivity contribution in [2.75, 3.05) is 37.4 Å². The third-order valence-corrected chi connectivity index (χ3v) is 7.58. The minimum Gasteiger partial charge on any atom is -0.377 e. The highest BCUT2D eigenvalue weighted by Gasteiger charge is 2.27. The molecule has 2 N–H and O–H groups in total. The third-order valence-electron chi connectivity index (χ3n) is 6.16. The number of sulfonamides is 1. The lowest BCUT2D eigenvalue weighted by Gasteiger charge is -2.35. The van der Waals surface area contributed by atoms with Crippen molar-refractivity contribution in [3.63, 3.8) is 0 Å². The maximum atomic E-state index is 13.0. The maximum Gasteiger partial charge on any atom is 0.270 e. The number of dihydropyridines is 1. The first-order valence-corrected chi connectivity index (χ1v) is 13.1. The van der Waals surface area contributed by atoms with Gasteiger partial charge in [0.15, 0.2) is 0 Å². The highest BCUT2D eigenvalue weighted by molar-refractivity contribution is 7.93. The maximum absolute atomic E-state index is 13.0. The van der Waals surface area contributed by atoms with Crippen molar-refractivity contribution in [1.29, 1.82) is 0 Å². The van der Waals surface area contributed by atoms with Gasteiger partial charge in [-0.25, -0.2) is 8.42 Å². The van der Waals surface area contributed by atoms with Gasteiger partial charge in [-0.05, 0) is 42.5 Å². The van der Waals surface area contributed by atoms with Gasteiger partial charge in [0.05, 0.1) is 5.52 Å². The predicted octanol–water partition coefficient (Wildman–Crippen LogP) is 2.36. The van der Waals surface area contributed by atoms with E-state index in [1.54, 1.807) is 70.6 Å². The summed E-state index contributed by atoms with van der Waals surface area (Å²) >= 11 is 0. The van der Waals surface area contributed by atoms with E-state index in [9.17, 15) is 18.0 Å². The lowest BCUT2D eigenvalue weighted by atomic mass is 10.1. The number of hydrogen-bond acceptors (Lipinski definition) is 6. The molecule has 0 atom stereocenters. The SMILES string of the molecule is O=C(C1=CC=CCN1)N1CCN(C(=O)c2ccc(NS(=O)(=O)c3cccc4cccnc34)cc2)CC1. The van der Waals surface area contributed by atoms with Gasteiger partial charge in [-0.15, -0.1) is 0 Å². The Morgan fingerprint density at radius 3 is 2.28 bits per heavy atom. The number of amides is 2. The average molecular weight is 504 g/mol. The molecule has 0 radical (unpaired) electrons. The molecular weight excluding hydrogens is 478 g/mol. The average Bonchev–Trinajstić information content (AvgIpc) is 2.93. The summed E-state index contributed by atoms with van der Waals surface area (Å²) in [6.45, 7) is 2.38. The molecule has 0 aliphatic carbocycles. The number of para-hydroxylation sites is 1. The number of benzene rings is 2. The van der Waals surface area contributed by atoms with Crippen LogP contribution in [0.15, 0.2) is 89.6 Å². The van der Waals surface area contributed by atoms with Crippen molar-refractivity contribution >= 4 is 38.4 Å². The number of fused-ring (bicyclic) bond motifs is 1. The number of aromatic nitrogens is 1. The molecule has 36 heavy (non-hydrogen) atoms. The number of rotatable bonds is 5. The van der Waals surface area contributed by atoms with E-state index >= 15 is 0 Å². The van der Waals surface area contributed by atoms with Crippen molar-refractivity contribution < 1.29 is 18.0 Å². The molecule has 0 spiro atoms. The monoisotopic (exact) mass is 503 g/mol. The fourth-order valence-electron chi connectivity index (χ4n) is 4.26. The van der Waals surface area contributed by atoms with Crippen LogP contribution in [0.5, 0.6) is 0 Å². The number of allylic oxidation sites excluding steroid dienone is 2. The van der Waals surface area contributed by atoms with Gasteiger partial charge in [0, 0.05) is 55.6 Å². The molecule has 0 bridgehead atoms. The van der Waals surface area contributed by atoms with Crippen LogP contribution in [0.1, 0.15) is 10.4 Å². The first-order chi connectivity index (χ1) is 17.4. The molecule has 2 aliphatic rings. The van der Waals surface area contributed by atoms with Crippen LogP contribution in [0.2, 0.25) is 0 Å². The van der Waals surface area contributed by atoms with Crippen molar-refractivity contribution in [3.8, 4) is 0 Å². The van der Waals surface area contributed by atoms with E-state index in [2.05, 4.69) is 15.0 Å². The zero-order chi connectivity index (χ0) is 25.1. The summed E-state index contributed by atoms with van der Waals surface area (Å²) in [7, 11) is -3.88. The fourth-order valence-corrected chi connectivity index (χ4v) is 5.50. The smallest absolute Gasteiger partial charge is 0.270 e. The first-order valence-electron chi connectivity index (χ1n) is 11.6. The number of piperazine rings is 1. The van der Waals surface area contributed by atoms with Gasteiger partial charge in [0.25, 0.3) is 21.8 Å². The summed E-state index contributed by atoms with van der Waals surface area (Å²) in [4.78, 5) is 33.4. The number of carbonyl (C=O) groups excluding carboxylic acids is 2. The first kappa shape index (κ1) is 23.6. The Bertz CT molecular complexity index is 1470. The number of pyridine rings is 1. The van der Waals surface area contributed by atoms with Gasteiger partial charge in [-0.3, -0.25) is 19.3 Å². The molecule has 5 rings (SSSR count). The second-order valence-corrected chi connectivity index (χ2v) is 10.1. The number of hydrogen-bond donors (Lipinski definition) is 2. The predicted molar refractivity (Wildman–Crippen MR) is 137 cm³/mol. The van der Waals surface area contributed by atoms with Gasteiger partial charge in [0.1, 0.15) is 10.6 Å². The molecular formula is C26H25N5O4S. The summed E-state index contributed by atoms with van der Waals surface area (Å²) < 4.78 is 28.6. The molecule has 2 aliphatic heterocycles. The van der Waals surface area contributed by atoms with E-state index in [1.807, 2.05) is 12.2 Å². The molecule has 0 unspecified atom stereocenters. The van der Waals surface area contributed by atoms with Gasteiger partial charge in [-0.2, -0.15) is 0 Å². The quantitative estimate of drug-likeness (QED) is 0.553. The lowest BCUT2D eigenvalue weighted by molar-refractivity contribution is -0.129. The molecule has 9 nitrogen and oxygen atoms in total. The molecule has 3 heterocycles. The zero-order valence-electron chi connectivity index (χ0n) is 19.4. The van der Waals surface area contributed by atoms with Crippen LogP contribution in [-0.2, 0) is 14.8 Å². The summed E-state index contributed by atoms with van der Waals surface area (Å²) in [6.07, 6.45) is 7.10. The number of nitrogens with zero attached hydrogens (tertiary/aromatic N) is 3. The summed E-state index contributed by atoms with van der Waals surface area (Å²) in [5.41, 5.74) is 1.75. The minimum atomic E-state index is -3.88. The van der Waals surface area contributed by atoms with E-state index in [-0.39, 0.29) is 16.7 Å². The molecule has 2 amide bonds. The van der Waals surface area contributed by atoms with Crippen LogP contribution in [0.3, 0.4) is 0 Å². The normalized spacial score (nSPS) is 15.8. The minimum absolute atomic E-state index is 0.0653. The number of anilines is 1. The van der Waals surface area contributed by atoms with E-state index in [1.165, 1.54) is 6.07 Å². The lowest BCUT2D eigenvalue weighted by Crippen LogP contribution is -2.51. The standard InChI is InChI=1S/C26H25N5O4S/c32-25(30-15-17-31(18-16-30)26(33)22-7-1-2-13-27-22)20-9-11-21(12-10-20)29-36(34,35)23-8-3-5-19-6-4-14-28-24(19)23/h1-12,14,27,29H,13,15-18H2. The Morgan fingerprint density at radius 1 is 0.889 bits per heavy atom. The third kappa shape index (κ3) is 4.80. The summed E-state index contributed by atoms with van der Waals surface area (Å²) in [5.74, 6) is -0.225. The van der Waals surface area contributed by atoms with Crippen LogP contribution in [0, 0.1) is 0 Å². The van der Waals surface area contributed by atoms with Crippen LogP contribution in [-0.4, -0.2) is 67.7 Å². The Kier molecular flexibility index (Phi) is 6.43. The van der Waals surface area contributed by atoms with E-state index in [0.29, 0.717) is 55.2 Å². The molecule has 184 valence electrons. The van der Waals surface area contributed by atoms with Gasteiger partial charge < -0.3 is 15.1 Å². The Labute approximate surface area is 209 Å². The van der Waals surface area contributed by atoms with Crippen LogP contribution < -0.4 is 10.0 Å². The van der Waals surface area contributed by atoms with E-state index in [0.717, 1.165) is 5.39 Å². The molecule has 0 saturated carbocycles. The molecule has 1 saturated heterocycles. The molecule has 10 heteroatoms. The van der Waals surface area contributed by atoms with Crippen molar-refractivity contribution in [1.82, 2.24) is 20.1 Å². The number of carbonyl (C=O) groups is 2. The van der Waals surface area contributed by atoms with Crippen molar-refractivity contribution in [2.24, 2.45) is 0 Å². The van der Waals surface area contributed by atoms with Gasteiger partial charge in [-0.1, -0.05) is 30.4 Å². The zero-order valence-corrected chi connectivity index (χ0v) is 20.2.